The number of likely N-dealkylation sites (tertiary alicyclic amines) is 1. The van der Waals surface area contributed by atoms with Crippen molar-refractivity contribution < 1.29 is 14.3 Å². The number of benzene rings is 1. The molecule has 2 heterocycles. The third-order valence-electron chi connectivity index (χ3n) is 4.66. The highest BCUT2D eigenvalue weighted by Crippen LogP contribution is 2.25. The number of hydrogen-bond donors (Lipinski definition) is 0. The summed E-state index contributed by atoms with van der Waals surface area (Å²) in [6.45, 7) is 7.49. The largest absolute Gasteiger partial charge is 0.491 e. The van der Waals surface area contributed by atoms with Crippen LogP contribution in [-0.4, -0.2) is 48.6 Å². The molecule has 0 amide bonds. The standard InChI is InChI=1S/C18H25NO3/c1-18(2,19-10-4-3-5-11-19)17(20)14-6-8-15(9-7-14)21-12-16-13-22-16/h6-9,16H,3-5,10-13H2,1-2H3. The van der Waals surface area contributed by atoms with E-state index >= 15 is 0 Å². The van der Waals surface area contributed by atoms with Crippen LogP contribution < -0.4 is 4.74 Å². The number of carbonyl (C=O) groups is 1. The molecule has 0 aliphatic carbocycles. The molecule has 0 saturated carbocycles. The summed E-state index contributed by atoms with van der Waals surface area (Å²) in [6.07, 6.45) is 3.90. The molecule has 1 unspecified atom stereocenters. The third-order valence-corrected chi connectivity index (χ3v) is 4.66. The quantitative estimate of drug-likeness (QED) is 0.598. The second kappa shape index (κ2) is 6.39. The molecule has 1 aromatic rings. The van der Waals surface area contributed by atoms with Gasteiger partial charge in [-0.3, -0.25) is 9.69 Å². The van der Waals surface area contributed by atoms with Gasteiger partial charge in [-0.15, -0.1) is 0 Å². The lowest BCUT2D eigenvalue weighted by atomic mass is 9.89. The first-order chi connectivity index (χ1) is 10.6. The molecule has 2 aliphatic rings. The highest BCUT2D eigenvalue weighted by atomic mass is 16.6. The first-order valence-electron chi connectivity index (χ1n) is 8.22. The van der Waals surface area contributed by atoms with E-state index in [1.54, 1.807) is 0 Å². The molecule has 3 rings (SSSR count). The Morgan fingerprint density at radius 1 is 1.23 bits per heavy atom. The van der Waals surface area contributed by atoms with Crippen LogP contribution in [0.2, 0.25) is 0 Å². The van der Waals surface area contributed by atoms with Gasteiger partial charge in [0, 0.05) is 5.56 Å². The molecule has 1 aromatic carbocycles. The minimum absolute atomic E-state index is 0.187. The zero-order valence-corrected chi connectivity index (χ0v) is 13.5. The van der Waals surface area contributed by atoms with Crippen LogP contribution >= 0.6 is 0 Å². The summed E-state index contributed by atoms with van der Waals surface area (Å²) >= 11 is 0. The van der Waals surface area contributed by atoms with E-state index in [4.69, 9.17) is 9.47 Å². The fourth-order valence-electron chi connectivity index (χ4n) is 3.01. The summed E-state index contributed by atoms with van der Waals surface area (Å²) in [5.41, 5.74) is 0.315. The molecule has 2 aliphatic heterocycles. The van der Waals surface area contributed by atoms with Crippen LogP contribution in [0.5, 0.6) is 5.75 Å². The highest BCUT2D eigenvalue weighted by Gasteiger charge is 2.35. The monoisotopic (exact) mass is 303 g/mol. The molecular weight excluding hydrogens is 278 g/mol. The van der Waals surface area contributed by atoms with Crippen molar-refractivity contribution in [3.63, 3.8) is 0 Å². The molecule has 0 radical (unpaired) electrons. The average Bonchev–Trinajstić information content (AvgIpc) is 3.38. The minimum Gasteiger partial charge on any atom is -0.491 e. The van der Waals surface area contributed by atoms with Gasteiger partial charge in [0.1, 0.15) is 18.5 Å². The summed E-state index contributed by atoms with van der Waals surface area (Å²) in [4.78, 5) is 15.2. The number of ketones is 1. The van der Waals surface area contributed by atoms with Crippen LogP contribution in [-0.2, 0) is 4.74 Å². The normalized spacial score (nSPS) is 22.4. The van der Waals surface area contributed by atoms with Gasteiger partial charge in [-0.05, 0) is 64.0 Å². The molecule has 1 atom stereocenters. The van der Waals surface area contributed by atoms with Gasteiger partial charge < -0.3 is 9.47 Å². The molecule has 22 heavy (non-hydrogen) atoms. The van der Waals surface area contributed by atoms with Gasteiger partial charge in [0.05, 0.1) is 12.1 Å². The topological polar surface area (TPSA) is 42.1 Å². The fourth-order valence-corrected chi connectivity index (χ4v) is 3.01. The second-order valence-corrected chi connectivity index (χ2v) is 6.73. The van der Waals surface area contributed by atoms with E-state index in [1.807, 2.05) is 38.1 Å². The summed E-state index contributed by atoms with van der Waals surface area (Å²) in [5, 5.41) is 0. The van der Waals surface area contributed by atoms with Crippen molar-refractivity contribution in [2.24, 2.45) is 0 Å². The first-order valence-corrected chi connectivity index (χ1v) is 8.22. The van der Waals surface area contributed by atoms with Crippen molar-refractivity contribution in [1.82, 2.24) is 4.90 Å². The predicted molar refractivity (Wildman–Crippen MR) is 85.5 cm³/mol. The summed E-state index contributed by atoms with van der Waals surface area (Å²) < 4.78 is 10.7. The SMILES string of the molecule is CC(C)(C(=O)c1ccc(OCC2CO2)cc1)N1CCCCC1. The molecule has 120 valence electrons. The van der Waals surface area contributed by atoms with Gasteiger partial charge in [-0.2, -0.15) is 0 Å². The van der Waals surface area contributed by atoms with E-state index in [1.165, 1.54) is 19.3 Å². The number of hydrogen-bond acceptors (Lipinski definition) is 4. The van der Waals surface area contributed by atoms with Gasteiger partial charge in [-0.1, -0.05) is 6.42 Å². The van der Waals surface area contributed by atoms with Crippen LogP contribution in [0.3, 0.4) is 0 Å². The molecule has 0 spiro atoms. The molecule has 2 saturated heterocycles. The number of ether oxygens (including phenoxy) is 2. The van der Waals surface area contributed by atoms with Gasteiger partial charge in [0.25, 0.3) is 0 Å². The summed E-state index contributed by atoms with van der Waals surface area (Å²) in [7, 11) is 0. The highest BCUT2D eigenvalue weighted by molar-refractivity contribution is 6.02. The smallest absolute Gasteiger partial charge is 0.182 e. The first kappa shape index (κ1) is 15.5. The van der Waals surface area contributed by atoms with Crippen molar-refractivity contribution in [2.75, 3.05) is 26.3 Å². The van der Waals surface area contributed by atoms with Crippen molar-refractivity contribution in [3.8, 4) is 5.75 Å². The van der Waals surface area contributed by atoms with Crippen molar-refractivity contribution in [1.29, 1.82) is 0 Å². The summed E-state index contributed by atoms with van der Waals surface area (Å²) in [6, 6.07) is 7.50. The molecule has 0 N–H and O–H groups in total. The minimum atomic E-state index is -0.440. The lowest BCUT2D eigenvalue weighted by Crippen LogP contribution is -2.52. The molecule has 4 nitrogen and oxygen atoms in total. The fraction of sp³-hybridized carbons (Fsp3) is 0.611. The Labute approximate surface area is 132 Å². The third kappa shape index (κ3) is 3.50. The Bertz CT molecular complexity index is 514. The molecule has 4 heteroatoms. The zero-order valence-electron chi connectivity index (χ0n) is 13.5. The van der Waals surface area contributed by atoms with Crippen LogP contribution in [0.15, 0.2) is 24.3 Å². The molecule has 0 bridgehead atoms. The maximum Gasteiger partial charge on any atom is 0.182 e. The lowest BCUT2D eigenvalue weighted by molar-refractivity contribution is 0.0579. The number of piperidine rings is 1. The van der Waals surface area contributed by atoms with Gasteiger partial charge in [0.2, 0.25) is 0 Å². The number of Topliss-reactive ketones (excluding diaryl/α,β-unsaturated/α-hetero) is 1. The van der Waals surface area contributed by atoms with Crippen LogP contribution in [0.25, 0.3) is 0 Å². The van der Waals surface area contributed by atoms with E-state index in [2.05, 4.69) is 4.90 Å². The van der Waals surface area contributed by atoms with E-state index in [0.29, 0.717) is 6.61 Å². The number of carbonyl (C=O) groups excluding carboxylic acids is 1. The van der Waals surface area contributed by atoms with Crippen LogP contribution in [0.4, 0.5) is 0 Å². The van der Waals surface area contributed by atoms with Crippen LogP contribution in [0, 0.1) is 0 Å². The second-order valence-electron chi connectivity index (χ2n) is 6.73. The molecular formula is C18H25NO3. The van der Waals surface area contributed by atoms with E-state index in [-0.39, 0.29) is 11.9 Å². The maximum atomic E-state index is 12.9. The Kier molecular flexibility index (Phi) is 4.50. The van der Waals surface area contributed by atoms with E-state index in [9.17, 15) is 4.79 Å². The Morgan fingerprint density at radius 2 is 1.86 bits per heavy atom. The Hall–Kier alpha value is -1.39. The predicted octanol–water partition coefficient (Wildman–Crippen LogP) is 2.91. The number of nitrogens with zero attached hydrogens (tertiary/aromatic N) is 1. The number of epoxide rings is 1. The molecule has 0 aromatic heterocycles. The lowest BCUT2D eigenvalue weighted by Gasteiger charge is -2.39. The van der Waals surface area contributed by atoms with Crippen LogP contribution in [0.1, 0.15) is 43.5 Å². The van der Waals surface area contributed by atoms with Crippen molar-refractivity contribution >= 4 is 5.78 Å². The van der Waals surface area contributed by atoms with E-state index < -0.39 is 5.54 Å². The van der Waals surface area contributed by atoms with Gasteiger partial charge in [0.15, 0.2) is 5.78 Å². The molecule has 2 fully saturated rings. The van der Waals surface area contributed by atoms with Gasteiger partial charge >= 0.3 is 0 Å². The maximum absolute atomic E-state index is 12.9. The van der Waals surface area contributed by atoms with Crippen molar-refractivity contribution in [3.05, 3.63) is 29.8 Å². The van der Waals surface area contributed by atoms with Crippen molar-refractivity contribution in [2.45, 2.75) is 44.8 Å². The van der Waals surface area contributed by atoms with Gasteiger partial charge in [-0.25, -0.2) is 0 Å². The van der Waals surface area contributed by atoms with E-state index in [0.717, 1.165) is 31.0 Å². The average molecular weight is 303 g/mol. The summed E-state index contributed by atoms with van der Waals surface area (Å²) in [5.74, 6) is 0.981. The number of rotatable bonds is 6. The Morgan fingerprint density at radius 3 is 2.45 bits per heavy atom. The zero-order chi connectivity index (χ0) is 15.6. The Balaban J connectivity index is 1.64.